The number of hydrogen-bond acceptors (Lipinski definition) is 3. The molecular formula is C29H32N2O3. The molecule has 0 unspecified atom stereocenters. The number of carbonyl (C=O) groups excluding carboxylic acids is 3. The number of hydrogen-bond donors (Lipinski definition) is 2. The van der Waals surface area contributed by atoms with E-state index in [1.54, 1.807) is 0 Å². The molecule has 5 heteroatoms. The highest BCUT2D eigenvalue weighted by Gasteiger charge is 2.64. The van der Waals surface area contributed by atoms with Gasteiger partial charge in [0, 0.05) is 41.4 Å². The third-order valence-corrected chi connectivity index (χ3v) is 8.25. The van der Waals surface area contributed by atoms with E-state index < -0.39 is 5.41 Å². The van der Waals surface area contributed by atoms with E-state index in [-0.39, 0.29) is 47.2 Å². The standard InChI is InChI=1S/C29H32N2O3/c1-17-7-6-8-21-14-18(2)19(3)27-25(15-20-16-30-24-10-5-4-9-23(20)24)31-28(34)29(21,27)26(33)12-11-22(32)13-17/h4-6,8-12,14,16-17,19,21,25,27,30H,7,13,15H2,1-3H3,(H,31,34)/b8-6+,12-11?/t17-,19+,21-,25-,27-,29+/m0/s1. The van der Waals surface area contributed by atoms with Crippen LogP contribution in [0.1, 0.15) is 39.2 Å². The maximum atomic E-state index is 13.9. The van der Waals surface area contributed by atoms with Crippen LogP contribution in [0.25, 0.3) is 10.9 Å². The van der Waals surface area contributed by atoms with Gasteiger partial charge in [0.05, 0.1) is 0 Å². The van der Waals surface area contributed by atoms with Crippen molar-refractivity contribution in [2.24, 2.45) is 29.1 Å². The van der Waals surface area contributed by atoms with Gasteiger partial charge in [0.2, 0.25) is 5.91 Å². The first-order valence-electron chi connectivity index (χ1n) is 12.3. The molecule has 0 bridgehead atoms. The van der Waals surface area contributed by atoms with E-state index in [2.05, 4.69) is 42.4 Å². The Morgan fingerprint density at radius 1 is 1.09 bits per heavy atom. The number of ketones is 2. The number of amides is 1. The molecule has 176 valence electrons. The van der Waals surface area contributed by atoms with Gasteiger partial charge in [-0.25, -0.2) is 0 Å². The van der Waals surface area contributed by atoms with Gasteiger partial charge in [-0.15, -0.1) is 0 Å². The number of allylic oxidation sites excluding steroid dienone is 6. The van der Waals surface area contributed by atoms with Crippen molar-refractivity contribution in [3.63, 3.8) is 0 Å². The molecule has 3 aliphatic rings. The molecule has 5 nitrogen and oxygen atoms in total. The molecule has 6 atom stereocenters. The Labute approximate surface area is 200 Å². The third-order valence-electron chi connectivity index (χ3n) is 8.25. The summed E-state index contributed by atoms with van der Waals surface area (Å²) in [7, 11) is 0. The summed E-state index contributed by atoms with van der Waals surface area (Å²) in [4.78, 5) is 43.4. The van der Waals surface area contributed by atoms with Crippen LogP contribution < -0.4 is 5.32 Å². The minimum absolute atomic E-state index is 0.0518. The van der Waals surface area contributed by atoms with Crippen molar-refractivity contribution in [2.45, 2.75) is 46.1 Å². The number of H-pyrrole nitrogens is 1. The molecule has 2 aliphatic carbocycles. The molecule has 2 N–H and O–H groups in total. The van der Waals surface area contributed by atoms with Gasteiger partial charge in [-0.3, -0.25) is 14.4 Å². The van der Waals surface area contributed by atoms with E-state index >= 15 is 0 Å². The molecule has 1 aromatic carbocycles. The van der Waals surface area contributed by atoms with Gasteiger partial charge in [-0.1, -0.05) is 55.8 Å². The van der Waals surface area contributed by atoms with Gasteiger partial charge in [0.1, 0.15) is 5.41 Å². The summed E-state index contributed by atoms with van der Waals surface area (Å²) in [6.45, 7) is 6.26. The van der Waals surface area contributed by atoms with Crippen molar-refractivity contribution >= 4 is 28.4 Å². The smallest absolute Gasteiger partial charge is 0.235 e. The normalized spacial score (nSPS) is 34.7. The van der Waals surface area contributed by atoms with Crippen molar-refractivity contribution in [3.8, 4) is 0 Å². The summed E-state index contributed by atoms with van der Waals surface area (Å²) in [6.07, 6.45) is 12.8. The maximum absolute atomic E-state index is 13.9. The fourth-order valence-electron chi connectivity index (χ4n) is 6.43. The summed E-state index contributed by atoms with van der Waals surface area (Å²) in [5.74, 6) is -0.849. The zero-order valence-corrected chi connectivity index (χ0v) is 20.0. The molecule has 1 saturated heterocycles. The second-order valence-corrected chi connectivity index (χ2v) is 10.4. The maximum Gasteiger partial charge on any atom is 0.235 e. The zero-order valence-electron chi connectivity index (χ0n) is 20.0. The predicted molar refractivity (Wildman–Crippen MR) is 133 cm³/mol. The van der Waals surface area contributed by atoms with Crippen LogP contribution >= 0.6 is 0 Å². The molecule has 1 aliphatic heterocycles. The summed E-state index contributed by atoms with van der Waals surface area (Å²) in [5, 5.41) is 4.37. The number of aromatic nitrogens is 1. The van der Waals surface area contributed by atoms with Crippen LogP contribution in [-0.4, -0.2) is 28.5 Å². The highest BCUT2D eigenvalue weighted by atomic mass is 16.2. The number of carbonyl (C=O) groups is 3. The monoisotopic (exact) mass is 456 g/mol. The molecular weight excluding hydrogens is 424 g/mol. The molecule has 1 fully saturated rings. The van der Waals surface area contributed by atoms with Crippen molar-refractivity contribution in [1.29, 1.82) is 0 Å². The van der Waals surface area contributed by atoms with Gasteiger partial charge in [-0.05, 0) is 55.4 Å². The second-order valence-electron chi connectivity index (χ2n) is 10.4. The van der Waals surface area contributed by atoms with Gasteiger partial charge in [0.15, 0.2) is 11.6 Å². The highest BCUT2D eigenvalue weighted by Crippen LogP contribution is 2.54. The Morgan fingerprint density at radius 2 is 1.88 bits per heavy atom. The highest BCUT2D eigenvalue weighted by molar-refractivity contribution is 6.15. The molecule has 1 spiro atoms. The van der Waals surface area contributed by atoms with E-state index in [4.69, 9.17) is 0 Å². The van der Waals surface area contributed by atoms with Crippen LogP contribution in [-0.2, 0) is 20.8 Å². The van der Waals surface area contributed by atoms with Crippen molar-refractivity contribution in [1.82, 2.24) is 10.3 Å². The average Bonchev–Trinajstić information content (AvgIpc) is 3.34. The van der Waals surface area contributed by atoms with Crippen LogP contribution in [0.2, 0.25) is 0 Å². The summed E-state index contributed by atoms with van der Waals surface area (Å²) in [5.41, 5.74) is 2.16. The number of benzene rings is 1. The van der Waals surface area contributed by atoms with Crippen LogP contribution in [0.5, 0.6) is 0 Å². The Hall–Kier alpha value is -3.21. The number of para-hydroxylation sites is 1. The van der Waals surface area contributed by atoms with Crippen molar-refractivity contribution in [3.05, 3.63) is 72.0 Å². The summed E-state index contributed by atoms with van der Waals surface area (Å²) in [6, 6.07) is 7.96. The van der Waals surface area contributed by atoms with Crippen LogP contribution in [0.4, 0.5) is 0 Å². The van der Waals surface area contributed by atoms with Crippen molar-refractivity contribution < 1.29 is 14.4 Å². The van der Waals surface area contributed by atoms with Crippen LogP contribution in [0.3, 0.4) is 0 Å². The molecule has 1 aromatic heterocycles. The molecule has 5 rings (SSSR count). The Balaban J connectivity index is 1.61. The lowest BCUT2D eigenvalue weighted by Crippen LogP contribution is -2.51. The van der Waals surface area contributed by atoms with Crippen LogP contribution in [0, 0.1) is 29.1 Å². The zero-order chi connectivity index (χ0) is 24.0. The quantitative estimate of drug-likeness (QED) is 0.508. The lowest BCUT2D eigenvalue weighted by molar-refractivity contribution is -0.142. The largest absolute Gasteiger partial charge is 0.361 e. The second kappa shape index (κ2) is 8.53. The Kier molecular flexibility index (Phi) is 5.67. The van der Waals surface area contributed by atoms with Crippen LogP contribution in [0.15, 0.2) is 66.4 Å². The lowest BCUT2D eigenvalue weighted by atomic mass is 9.55. The average molecular weight is 457 g/mol. The van der Waals surface area contributed by atoms with E-state index in [0.29, 0.717) is 12.8 Å². The fraction of sp³-hybridized carbons (Fsp3) is 0.414. The number of nitrogens with one attached hydrogen (secondary N) is 2. The molecule has 34 heavy (non-hydrogen) atoms. The first-order valence-corrected chi connectivity index (χ1v) is 12.3. The Morgan fingerprint density at radius 3 is 2.71 bits per heavy atom. The van der Waals surface area contributed by atoms with Gasteiger partial charge >= 0.3 is 0 Å². The minimum atomic E-state index is -1.24. The van der Waals surface area contributed by atoms with E-state index in [9.17, 15) is 14.4 Å². The first-order chi connectivity index (χ1) is 16.3. The Bertz CT molecular complexity index is 1250. The molecule has 2 aromatic rings. The van der Waals surface area contributed by atoms with Gasteiger partial charge < -0.3 is 10.3 Å². The third kappa shape index (κ3) is 3.49. The fourth-order valence-corrected chi connectivity index (χ4v) is 6.43. The van der Waals surface area contributed by atoms with E-state index in [1.165, 1.54) is 17.7 Å². The van der Waals surface area contributed by atoms with Crippen molar-refractivity contribution in [2.75, 3.05) is 0 Å². The number of fused-ring (bicyclic) bond motifs is 1. The SMILES string of the molecule is CC1=C[C@@H]2/C=C/C[C@H](C)CC(=O)C=CC(=O)[C@]23C(=O)N[C@@H](Cc2c[nH]c4ccccc24)[C@@H]3[C@@H]1C. The van der Waals surface area contributed by atoms with E-state index in [0.717, 1.165) is 22.9 Å². The number of rotatable bonds is 2. The topological polar surface area (TPSA) is 79.0 Å². The molecule has 2 heterocycles. The van der Waals surface area contributed by atoms with E-state index in [1.807, 2.05) is 37.4 Å². The predicted octanol–water partition coefficient (Wildman–Crippen LogP) is 4.70. The molecule has 0 saturated carbocycles. The van der Waals surface area contributed by atoms with Gasteiger partial charge in [-0.2, -0.15) is 0 Å². The summed E-state index contributed by atoms with van der Waals surface area (Å²) < 4.78 is 0. The summed E-state index contributed by atoms with van der Waals surface area (Å²) >= 11 is 0. The number of aromatic amines is 1. The molecule has 0 radical (unpaired) electrons. The first kappa shape index (κ1) is 22.6. The van der Waals surface area contributed by atoms with Gasteiger partial charge in [0.25, 0.3) is 0 Å². The minimum Gasteiger partial charge on any atom is -0.361 e. The molecule has 1 amide bonds. The lowest BCUT2D eigenvalue weighted by Gasteiger charge is -2.44.